The highest BCUT2D eigenvalue weighted by molar-refractivity contribution is 7.98. The molecule has 0 saturated carbocycles. The normalized spacial score (nSPS) is 12.6. The van der Waals surface area contributed by atoms with Crippen molar-refractivity contribution in [2.75, 3.05) is 12.4 Å². The minimum Gasteiger partial charge on any atom is -0.444 e. The van der Waals surface area contributed by atoms with Gasteiger partial charge in [-0.25, -0.2) is 9.37 Å². The van der Waals surface area contributed by atoms with Crippen LogP contribution >= 0.6 is 11.8 Å². The molecule has 3 nitrogen and oxygen atoms in total. The van der Waals surface area contributed by atoms with Crippen molar-refractivity contribution < 1.29 is 13.9 Å². The highest BCUT2D eigenvalue weighted by Crippen LogP contribution is 2.22. The number of aromatic nitrogens is 1. The van der Waals surface area contributed by atoms with Gasteiger partial charge in [-0.2, -0.15) is 11.8 Å². The third kappa shape index (κ3) is 4.08. The standard InChI is InChI=1S/C14H16FNO2S/c1-10(6-17)8-19-9-13-7-18-14(16-13)11-3-2-4-12(15)5-11/h2-5,7,10,17H,6,8-9H2,1H3. The molecule has 0 bridgehead atoms. The molecule has 5 heteroatoms. The average molecular weight is 281 g/mol. The molecule has 0 radical (unpaired) electrons. The Morgan fingerprint density at radius 3 is 3.05 bits per heavy atom. The smallest absolute Gasteiger partial charge is 0.226 e. The number of aliphatic hydroxyl groups is 1. The van der Waals surface area contributed by atoms with Gasteiger partial charge in [0.25, 0.3) is 0 Å². The fourth-order valence-corrected chi connectivity index (χ4v) is 2.51. The van der Waals surface area contributed by atoms with Gasteiger partial charge in [0.2, 0.25) is 5.89 Å². The van der Waals surface area contributed by atoms with E-state index in [0.29, 0.717) is 11.5 Å². The molecular formula is C14H16FNO2S. The molecule has 0 amide bonds. The summed E-state index contributed by atoms with van der Waals surface area (Å²) in [6.45, 7) is 2.19. The van der Waals surface area contributed by atoms with Gasteiger partial charge in [-0.1, -0.05) is 13.0 Å². The number of aliphatic hydroxyl groups excluding tert-OH is 1. The lowest BCUT2D eigenvalue weighted by Crippen LogP contribution is -2.03. The van der Waals surface area contributed by atoms with Gasteiger partial charge in [0.1, 0.15) is 12.1 Å². The summed E-state index contributed by atoms with van der Waals surface area (Å²) in [5.74, 6) is 2.01. The number of benzene rings is 1. The van der Waals surface area contributed by atoms with Gasteiger partial charge in [-0.05, 0) is 29.9 Å². The first-order chi connectivity index (χ1) is 9.19. The summed E-state index contributed by atoms with van der Waals surface area (Å²) < 4.78 is 18.4. The maximum atomic E-state index is 13.1. The van der Waals surface area contributed by atoms with E-state index in [4.69, 9.17) is 9.52 Å². The fourth-order valence-electron chi connectivity index (χ4n) is 1.54. The van der Waals surface area contributed by atoms with E-state index in [1.54, 1.807) is 30.2 Å². The topological polar surface area (TPSA) is 46.3 Å². The molecule has 1 N–H and O–H groups in total. The molecule has 0 spiro atoms. The predicted molar refractivity (Wildman–Crippen MR) is 74.3 cm³/mol. The molecule has 1 aromatic carbocycles. The summed E-state index contributed by atoms with van der Waals surface area (Å²) in [6, 6.07) is 6.18. The van der Waals surface area contributed by atoms with Crippen molar-refractivity contribution in [1.29, 1.82) is 0 Å². The van der Waals surface area contributed by atoms with Crippen LogP contribution in [0.3, 0.4) is 0 Å². The largest absolute Gasteiger partial charge is 0.444 e. The number of rotatable bonds is 6. The summed E-state index contributed by atoms with van der Waals surface area (Å²) in [6.07, 6.45) is 1.59. The minimum absolute atomic E-state index is 0.195. The second kappa shape index (κ2) is 6.73. The molecule has 0 fully saturated rings. The molecule has 2 rings (SSSR count). The average Bonchev–Trinajstić information content (AvgIpc) is 2.87. The molecule has 0 aliphatic heterocycles. The van der Waals surface area contributed by atoms with Crippen LogP contribution in [0.1, 0.15) is 12.6 Å². The van der Waals surface area contributed by atoms with Crippen LogP contribution in [-0.2, 0) is 5.75 Å². The Hall–Kier alpha value is -1.33. The van der Waals surface area contributed by atoms with Crippen LogP contribution in [0.15, 0.2) is 34.9 Å². The van der Waals surface area contributed by atoms with Gasteiger partial charge in [0, 0.05) is 17.9 Å². The van der Waals surface area contributed by atoms with Crippen LogP contribution in [0.25, 0.3) is 11.5 Å². The molecule has 1 atom stereocenters. The van der Waals surface area contributed by atoms with Gasteiger partial charge in [0.15, 0.2) is 0 Å². The van der Waals surface area contributed by atoms with Crippen molar-refractivity contribution >= 4 is 11.8 Å². The Morgan fingerprint density at radius 2 is 2.32 bits per heavy atom. The molecule has 0 saturated heterocycles. The molecular weight excluding hydrogens is 265 g/mol. The maximum absolute atomic E-state index is 13.1. The Labute approximate surface area is 115 Å². The molecule has 1 heterocycles. The molecule has 0 aliphatic carbocycles. The van der Waals surface area contributed by atoms with Crippen LogP contribution in [0.5, 0.6) is 0 Å². The monoisotopic (exact) mass is 281 g/mol. The summed E-state index contributed by atoms with van der Waals surface area (Å²) in [7, 11) is 0. The number of thioether (sulfide) groups is 1. The van der Waals surface area contributed by atoms with E-state index in [0.717, 1.165) is 17.2 Å². The van der Waals surface area contributed by atoms with Crippen molar-refractivity contribution in [3.05, 3.63) is 42.0 Å². The lowest BCUT2D eigenvalue weighted by Gasteiger charge is -2.04. The minimum atomic E-state index is -0.302. The van der Waals surface area contributed by atoms with Crippen LogP contribution in [0.4, 0.5) is 4.39 Å². The van der Waals surface area contributed by atoms with Crippen molar-refractivity contribution in [3.63, 3.8) is 0 Å². The molecule has 19 heavy (non-hydrogen) atoms. The highest BCUT2D eigenvalue weighted by Gasteiger charge is 2.08. The fraction of sp³-hybridized carbons (Fsp3) is 0.357. The second-order valence-electron chi connectivity index (χ2n) is 4.46. The van der Waals surface area contributed by atoms with E-state index in [1.807, 2.05) is 6.92 Å². The van der Waals surface area contributed by atoms with E-state index in [1.165, 1.54) is 12.1 Å². The van der Waals surface area contributed by atoms with Crippen LogP contribution in [0, 0.1) is 11.7 Å². The van der Waals surface area contributed by atoms with E-state index in [9.17, 15) is 4.39 Å². The van der Waals surface area contributed by atoms with Gasteiger partial charge in [-0.3, -0.25) is 0 Å². The Morgan fingerprint density at radius 1 is 1.47 bits per heavy atom. The van der Waals surface area contributed by atoms with Crippen molar-refractivity contribution in [2.45, 2.75) is 12.7 Å². The first-order valence-electron chi connectivity index (χ1n) is 6.08. The first kappa shape index (κ1) is 14.1. The molecule has 0 aliphatic rings. The quantitative estimate of drug-likeness (QED) is 0.882. The van der Waals surface area contributed by atoms with E-state index < -0.39 is 0 Å². The Kier molecular flexibility index (Phi) is 4.99. The van der Waals surface area contributed by atoms with Crippen molar-refractivity contribution in [1.82, 2.24) is 4.98 Å². The molecule has 2 aromatic rings. The highest BCUT2D eigenvalue weighted by atomic mass is 32.2. The second-order valence-corrected chi connectivity index (χ2v) is 5.49. The lowest BCUT2D eigenvalue weighted by atomic mass is 10.2. The van der Waals surface area contributed by atoms with Gasteiger partial charge in [-0.15, -0.1) is 0 Å². The van der Waals surface area contributed by atoms with Crippen LogP contribution in [-0.4, -0.2) is 22.5 Å². The van der Waals surface area contributed by atoms with Gasteiger partial charge in [0.05, 0.1) is 5.69 Å². The Balaban J connectivity index is 1.95. The number of halogens is 1. The maximum Gasteiger partial charge on any atom is 0.226 e. The summed E-state index contributed by atoms with van der Waals surface area (Å²) >= 11 is 1.69. The third-order valence-electron chi connectivity index (χ3n) is 2.59. The molecule has 1 aromatic heterocycles. The van der Waals surface area contributed by atoms with Crippen molar-refractivity contribution in [2.24, 2.45) is 5.92 Å². The zero-order valence-corrected chi connectivity index (χ0v) is 11.5. The van der Waals surface area contributed by atoms with E-state index in [-0.39, 0.29) is 18.3 Å². The molecule has 102 valence electrons. The van der Waals surface area contributed by atoms with Crippen LogP contribution < -0.4 is 0 Å². The summed E-state index contributed by atoms with van der Waals surface area (Å²) in [5, 5.41) is 8.93. The number of hydrogen-bond acceptors (Lipinski definition) is 4. The predicted octanol–water partition coefficient (Wildman–Crippen LogP) is 3.34. The number of nitrogens with zero attached hydrogens (tertiary/aromatic N) is 1. The number of oxazole rings is 1. The SMILES string of the molecule is CC(CO)CSCc1coc(-c2cccc(F)c2)n1. The zero-order chi connectivity index (χ0) is 13.7. The summed E-state index contributed by atoms with van der Waals surface area (Å²) in [4.78, 5) is 4.33. The first-order valence-corrected chi connectivity index (χ1v) is 7.23. The van der Waals surface area contributed by atoms with E-state index in [2.05, 4.69) is 4.98 Å². The van der Waals surface area contributed by atoms with E-state index >= 15 is 0 Å². The van der Waals surface area contributed by atoms with Crippen LogP contribution in [0.2, 0.25) is 0 Å². The van der Waals surface area contributed by atoms with Gasteiger partial charge < -0.3 is 9.52 Å². The molecule has 1 unspecified atom stereocenters. The third-order valence-corrected chi connectivity index (χ3v) is 3.89. The summed E-state index contributed by atoms with van der Waals surface area (Å²) in [5.41, 5.74) is 1.47. The lowest BCUT2D eigenvalue weighted by molar-refractivity contribution is 0.250. The Bertz CT molecular complexity index is 530. The zero-order valence-electron chi connectivity index (χ0n) is 10.7. The van der Waals surface area contributed by atoms with Crippen molar-refractivity contribution in [3.8, 4) is 11.5 Å². The number of hydrogen-bond donors (Lipinski definition) is 1. The van der Waals surface area contributed by atoms with Gasteiger partial charge >= 0.3 is 0 Å².